The van der Waals surface area contributed by atoms with Gasteiger partial charge in [0.05, 0.1) is 43.7 Å². The lowest BCUT2D eigenvalue weighted by Crippen LogP contribution is -2.37. The second-order valence-electron chi connectivity index (χ2n) is 10.4. The van der Waals surface area contributed by atoms with Gasteiger partial charge < -0.3 is 24.6 Å². The monoisotopic (exact) mass is 570 g/mol. The van der Waals surface area contributed by atoms with Crippen molar-refractivity contribution < 1.29 is 19.3 Å². The Hall–Kier alpha value is -4.91. The van der Waals surface area contributed by atoms with Crippen molar-refractivity contribution in [2.45, 2.75) is 11.7 Å². The summed E-state index contributed by atoms with van der Waals surface area (Å²) in [7, 11) is 3.30. The number of para-hydroxylation sites is 2. The number of anilines is 1. The predicted octanol–water partition coefficient (Wildman–Crippen LogP) is 7.19. The maximum atomic E-state index is 11.4. The third kappa shape index (κ3) is 5.63. The quantitative estimate of drug-likeness (QED) is 0.127. The summed E-state index contributed by atoms with van der Waals surface area (Å²) in [6, 6.07) is 41.9. The minimum absolute atomic E-state index is 0.0703. The van der Waals surface area contributed by atoms with Crippen molar-refractivity contribution in [2.75, 3.05) is 32.7 Å². The van der Waals surface area contributed by atoms with Crippen LogP contribution in [-0.2, 0) is 10.3 Å². The number of benzene rings is 5. The van der Waals surface area contributed by atoms with E-state index in [-0.39, 0.29) is 13.2 Å². The van der Waals surface area contributed by atoms with E-state index in [0.29, 0.717) is 0 Å². The molecule has 1 atom stereocenters. The summed E-state index contributed by atoms with van der Waals surface area (Å²) in [6.45, 7) is 0.356. The first-order valence-corrected chi connectivity index (χ1v) is 14.3. The summed E-state index contributed by atoms with van der Waals surface area (Å²) < 4.78 is 17.8. The Morgan fingerprint density at radius 3 is 1.60 bits per heavy atom. The predicted molar refractivity (Wildman–Crippen MR) is 172 cm³/mol. The van der Waals surface area contributed by atoms with Gasteiger partial charge >= 0.3 is 0 Å². The number of ether oxygens (including phenoxy) is 3. The molecule has 1 aromatic heterocycles. The van der Waals surface area contributed by atoms with Gasteiger partial charge in [0.25, 0.3) is 0 Å². The lowest BCUT2D eigenvalue weighted by atomic mass is 9.80. The zero-order chi connectivity index (χ0) is 29.6. The van der Waals surface area contributed by atoms with E-state index in [9.17, 15) is 5.11 Å². The molecule has 43 heavy (non-hydrogen) atoms. The van der Waals surface area contributed by atoms with Crippen LogP contribution in [0.2, 0.25) is 0 Å². The second-order valence-corrected chi connectivity index (χ2v) is 10.4. The molecule has 216 valence electrons. The summed E-state index contributed by atoms with van der Waals surface area (Å²) in [6.07, 6.45) is -0.815. The third-order valence-electron chi connectivity index (χ3n) is 7.77. The zero-order valence-electron chi connectivity index (χ0n) is 24.2. The SMILES string of the molecule is COc1ccc(C(OC[C@H](O)CNc2c3ccccc3nc3ccccc23)(c2ccccc2)c2ccc(OC)cc2)cc1. The molecule has 6 heteroatoms. The zero-order valence-corrected chi connectivity index (χ0v) is 24.2. The molecule has 6 nitrogen and oxygen atoms in total. The Bertz CT molecular complexity index is 1700. The molecule has 0 unspecified atom stereocenters. The van der Waals surface area contributed by atoms with E-state index in [2.05, 4.69) is 5.32 Å². The molecular formula is C37H34N2O4. The number of rotatable bonds is 11. The fourth-order valence-electron chi connectivity index (χ4n) is 5.60. The fourth-order valence-corrected chi connectivity index (χ4v) is 5.60. The Morgan fingerprint density at radius 1 is 0.628 bits per heavy atom. The van der Waals surface area contributed by atoms with Crippen LogP contribution in [0.4, 0.5) is 5.69 Å². The largest absolute Gasteiger partial charge is 0.497 e. The molecule has 0 saturated heterocycles. The number of hydrogen-bond donors (Lipinski definition) is 2. The fraction of sp³-hybridized carbons (Fsp3) is 0.162. The van der Waals surface area contributed by atoms with Crippen LogP contribution < -0.4 is 14.8 Å². The van der Waals surface area contributed by atoms with Crippen molar-refractivity contribution in [1.29, 1.82) is 0 Å². The lowest BCUT2D eigenvalue weighted by molar-refractivity contribution is -0.0340. The number of nitrogens with one attached hydrogen (secondary N) is 1. The molecule has 0 aliphatic heterocycles. The van der Waals surface area contributed by atoms with Crippen LogP contribution >= 0.6 is 0 Å². The average molecular weight is 571 g/mol. The lowest BCUT2D eigenvalue weighted by Gasteiger charge is -2.36. The van der Waals surface area contributed by atoms with Crippen molar-refractivity contribution in [3.05, 3.63) is 144 Å². The van der Waals surface area contributed by atoms with E-state index in [0.717, 1.165) is 55.7 Å². The molecule has 0 aliphatic rings. The summed E-state index contributed by atoms with van der Waals surface area (Å²) in [5.74, 6) is 1.50. The van der Waals surface area contributed by atoms with Crippen molar-refractivity contribution in [2.24, 2.45) is 0 Å². The molecule has 0 saturated carbocycles. The Labute approximate surface area is 251 Å². The van der Waals surface area contributed by atoms with E-state index < -0.39 is 11.7 Å². The second kappa shape index (κ2) is 12.5. The Kier molecular flexibility index (Phi) is 8.22. The molecule has 6 rings (SSSR count). The molecule has 0 amide bonds. The van der Waals surface area contributed by atoms with Gasteiger partial charge in [-0.15, -0.1) is 0 Å². The van der Waals surface area contributed by atoms with E-state index in [1.807, 2.05) is 127 Å². The number of fused-ring (bicyclic) bond motifs is 2. The minimum Gasteiger partial charge on any atom is -0.497 e. The molecule has 5 aromatic carbocycles. The molecule has 6 aromatic rings. The van der Waals surface area contributed by atoms with Gasteiger partial charge in [-0.05, 0) is 53.1 Å². The van der Waals surface area contributed by atoms with Gasteiger partial charge in [0.15, 0.2) is 0 Å². The van der Waals surface area contributed by atoms with Crippen LogP contribution in [0, 0.1) is 0 Å². The first-order chi connectivity index (χ1) is 21.1. The summed E-state index contributed by atoms with van der Waals surface area (Å²) in [5.41, 5.74) is 4.51. The van der Waals surface area contributed by atoms with Crippen LogP contribution in [0.1, 0.15) is 16.7 Å². The summed E-state index contributed by atoms with van der Waals surface area (Å²) >= 11 is 0. The highest BCUT2D eigenvalue weighted by Gasteiger charge is 2.38. The van der Waals surface area contributed by atoms with Gasteiger partial charge in [-0.3, -0.25) is 0 Å². The molecule has 2 N–H and O–H groups in total. The Balaban J connectivity index is 1.34. The van der Waals surface area contributed by atoms with Crippen LogP contribution in [-0.4, -0.2) is 43.6 Å². The molecule has 0 bridgehead atoms. The molecule has 0 radical (unpaired) electrons. The summed E-state index contributed by atoms with van der Waals surface area (Å²) in [4.78, 5) is 4.81. The molecular weight excluding hydrogens is 536 g/mol. The molecule has 0 spiro atoms. The van der Waals surface area contributed by atoms with Crippen LogP contribution in [0.3, 0.4) is 0 Å². The topological polar surface area (TPSA) is 72.8 Å². The third-order valence-corrected chi connectivity index (χ3v) is 7.77. The number of methoxy groups -OCH3 is 2. The van der Waals surface area contributed by atoms with Gasteiger partial charge in [0.2, 0.25) is 0 Å². The number of nitrogens with zero attached hydrogens (tertiary/aromatic N) is 1. The van der Waals surface area contributed by atoms with Crippen molar-refractivity contribution in [3.63, 3.8) is 0 Å². The van der Waals surface area contributed by atoms with Gasteiger partial charge in [-0.1, -0.05) is 91.0 Å². The molecule has 0 aliphatic carbocycles. The maximum Gasteiger partial charge on any atom is 0.143 e. The maximum absolute atomic E-state index is 11.4. The van der Waals surface area contributed by atoms with E-state index in [4.69, 9.17) is 19.2 Å². The van der Waals surface area contributed by atoms with E-state index in [1.54, 1.807) is 14.2 Å². The number of aliphatic hydroxyl groups excluding tert-OH is 1. The highest BCUT2D eigenvalue weighted by Crippen LogP contribution is 2.42. The molecule has 0 fully saturated rings. The van der Waals surface area contributed by atoms with Crippen molar-refractivity contribution in [3.8, 4) is 11.5 Å². The minimum atomic E-state index is -1.00. The van der Waals surface area contributed by atoms with Crippen molar-refractivity contribution >= 4 is 27.5 Å². The van der Waals surface area contributed by atoms with Gasteiger partial charge in [-0.2, -0.15) is 0 Å². The average Bonchev–Trinajstić information content (AvgIpc) is 3.08. The van der Waals surface area contributed by atoms with Gasteiger partial charge in [0.1, 0.15) is 17.1 Å². The number of aliphatic hydroxyl groups is 1. The smallest absolute Gasteiger partial charge is 0.143 e. The number of hydrogen-bond acceptors (Lipinski definition) is 6. The first kappa shape index (κ1) is 28.2. The number of pyridine rings is 1. The van der Waals surface area contributed by atoms with Crippen LogP contribution in [0.15, 0.2) is 127 Å². The summed E-state index contributed by atoms with van der Waals surface area (Å²) in [5, 5.41) is 16.9. The first-order valence-electron chi connectivity index (χ1n) is 14.3. The normalized spacial score (nSPS) is 12.3. The van der Waals surface area contributed by atoms with Gasteiger partial charge in [0, 0.05) is 17.3 Å². The van der Waals surface area contributed by atoms with Crippen LogP contribution in [0.5, 0.6) is 11.5 Å². The highest BCUT2D eigenvalue weighted by atomic mass is 16.5. The van der Waals surface area contributed by atoms with Gasteiger partial charge in [-0.25, -0.2) is 4.98 Å². The van der Waals surface area contributed by atoms with Crippen LogP contribution in [0.25, 0.3) is 21.8 Å². The molecule has 1 heterocycles. The highest BCUT2D eigenvalue weighted by molar-refractivity contribution is 6.07. The number of aromatic nitrogens is 1. The standard InChI is InChI=1S/C37H34N2O4/c1-41-30-20-16-27(17-21-30)37(26-10-4-3-5-11-26,28-18-22-31(42-2)23-19-28)43-25-29(40)24-38-36-32-12-6-8-14-34(32)39-35-15-9-7-13-33(35)36/h3-23,29,40H,24-25H2,1-2H3,(H,38,39)/t29-/m1/s1. The van der Waals surface area contributed by atoms with Crippen molar-refractivity contribution in [1.82, 2.24) is 4.98 Å². The van der Waals surface area contributed by atoms with E-state index >= 15 is 0 Å². The Morgan fingerprint density at radius 2 is 1.09 bits per heavy atom. The van der Waals surface area contributed by atoms with E-state index in [1.165, 1.54) is 0 Å².